The number of thiophene rings is 1. The highest BCUT2D eigenvalue weighted by Gasteiger charge is 2.48. The second kappa shape index (κ2) is 5.00. The van der Waals surface area contributed by atoms with E-state index in [0.717, 1.165) is 36.6 Å². The highest BCUT2D eigenvalue weighted by molar-refractivity contribution is 7.16. The van der Waals surface area contributed by atoms with Crippen LogP contribution in [0.25, 0.3) is 0 Å². The molecule has 1 N–H and O–H groups in total. The lowest BCUT2D eigenvalue weighted by Gasteiger charge is -2.47. The van der Waals surface area contributed by atoms with Crippen molar-refractivity contribution in [2.45, 2.75) is 37.6 Å². The Morgan fingerprint density at radius 1 is 1.25 bits per heavy atom. The van der Waals surface area contributed by atoms with Gasteiger partial charge in [-0.1, -0.05) is 11.6 Å². The molecule has 1 saturated heterocycles. The zero-order valence-electron chi connectivity index (χ0n) is 12.0. The van der Waals surface area contributed by atoms with E-state index in [1.165, 1.54) is 4.88 Å². The topological polar surface area (TPSA) is 32.3 Å². The molecule has 3 rings (SSSR count). The molecule has 1 aromatic heterocycles. The van der Waals surface area contributed by atoms with Crippen LogP contribution >= 0.6 is 22.9 Å². The van der Waals surface area contributed by atoms with Crippen molar-refractivity contribution in [3.8, 4) is 0 Å². The van der Waals surface area contributed by atoms with Crippen LogP contribution in [0.5, 0.6) is 0 Å². The van der Waals surface area contributed by atoms with E-state index in [1.807, 2.05) is 6.07 Å². The molecule has 1 saturated carbocycles. The lowest BCUT2D eigenvalue weighted by Crippen LogP contribution is -2.46. The maximum Gasteiger partial charge on any atom is 0.220 e. The number of amides is 1. The maximum absolute atomic E-state index is 11.5. The van der Waals surface area contributed by atoms with Crippen LogP contribution in [-0.4, -0.2) is 31.4 Å². The fourth-order valence-electron chi connectivity index (χ4n) is 3.78. The summed E-state index contributed by atoms with van der Waals surface area (Å²) in [4.78, 5) is 15.2. The molecule has 110 valence electrons. The Bertz CT molecular complexity index is 518. The molecule has 20 heavy (non-hydrogen) atoms. The molecule has 0 radical (unpaired) electrons. The number of carbonyl (C=O) groups is 1. The molecule has 0 unspecified atom stereocenters. The summed E-state index contributed by atoms with van der Waals surface area (Å²) in [5.41, 5.74) is 0.298. The van der Waals surface area contributed by atoms with E-state index in [9.17, 15) is 4.79 Å². The fourth-order valence-corrected chi connectivity index (χ4v) is 5.15. The Labute approximate surface area is 129 Å². The molecule has 3 nitrogen and oxygen atoms in total. The summed E-state index contributed by atoms with van der Waals surface area (Å²) in [6, 6.07) is 4.17. The molecule has 2 fully saturated rings. The summed E-state index contributed by atoms with van der Waals surface area (Å²) in [7, 11) is 4.31. The summed E-state index contributed by atoms with van der Waals surface area (Å²) < 4.78 is 0.860. The zero-order chi connectivity index (χ0) is 14.4. The van der Waals surface area contributed by atoms with Gasteiger partial charge in [0, 0.05) is 17.8 Å². The number of hydrogen-bond donors (Lipinski definition) is 1. The largest absolute Gasteiger partial charge is 0.356 e. The lowest BCUT2D eigenvalue weighted by atomic mass is 9.66. The Morgan fingerprint density at radius 3 is 2.40 bits per heavy atom. The molecule has 5 heteroatoms. The van der Waals surface area contributed by atoms with E-state index in [1.54, 1.807) is 11.3 Å². The number of nitrogens with zero attached hydrogens (tertiary/aromatic N) is 1. The molecule has 0 aromatic carbocycles. The normalized spacial score (nSPS) is 33.9. The first-order valence-electron chi connectivity index (χ1n) is 7.16. The van der Waals surface area contributed by atoms with Crippen LogP contribution in [0.2, 0.25) is 4.34 Å². The summed E-state index contributed by atoms with van der Waals surface area (Å²) in [6.45, 7) is 0.862. The van der Waals surface area contributed by atoms with E-state index in [4.69, 9.17) is 11.6 Å². The van der Waals surface area contributed by atoms with Crippen molar-refractivity contribution in [3.05, 3.63) is 21.3 Å². The summed E-state index contributed by atoms with van der Waals surface area (Å²) >= 11 is 7.83. The van der Waals surface area contributed by atoms with Gasteiger partial charge in [0.2, 0.25) is 5.91 Å². The predicted molar refractivity (Wildman–Crippen MR) is 83.2 cm³/mol. The molecular formula is C15H21ClN2OS. The quantitative estimate of drug-likeness (QED) is 0.909. The monoisotopic (exact) mass is 312 g/mol. The van der Waals surface area contributed by atoms with Gasteiger partial charge in [0.05, 0.1) is 9.88 Å². The third-order valence-corrected chi connectivity index (χ3v) is 6.65. The van der Waals surface area contributed by atoms with Gasteiger partial charge in [-0.05, 0) is 57.3 Å². The van der Waals surface area contributed by atoms with Gasteiger partial charge in [0.1, 0.15) is 0 Å². The van der Waals surface area contributed by atoms with Crippen molar-refractivity contribution in [3.63, 3.8) is 0 Å². The standard InChI is InChI=1S/C15H21ClN2OS/c1-18(2)15(11-3-4-12(16)20-11)7-5-14(6-8-15)9-13(19)17-10-14/h3-4H,5-10H2,1-2H3,(H,17,19). The molecule has 1 aliphatic heterocycles. The second-order valence-corrected chi connectivity index (χ2v) is 8.20. The highest BCUT2D eigenvalue weighted by Crippen LogP contribution is 2.52. The summed E-state index contributed by atoms with van der Waals surface area (Å²) in [5, 5.41) is 3.01. The van der Waals surface area contributed by atoms with Gasteiger partial charge >= 0.3 is 0 Å². The van der Waals surface area contributed by atoms with Crippen LogP contribution in [0.3, 0.4) is 0 Å². The SMILES string of the molecule is CN(C)C1(c2ccc(Cl)s2)CCC2(CC1)CNC(=O)C2. The average Bonchev–Trinajstić information content (AvgIpc) is 2.98. The lowest BCUT2D eigenvalue weighted by molar-refractivity contribution is -0.120. The van der Waals surface area contributed by atoms with Gasteiger partial charge in [-0.2, -0.15) is 0 Å². The van der Waals surface area contributed by atoms with Gasteiger partial charge in [-0.3, -0.25) is 9.69 Å². The van der Waals surface area contributed by atoms with Crippen molar-refractivity contribution in [2.24, 2.45) is 5.41 Å². The van der Waals surface area contributed by atoms with E-state index in [2.05, 4.69) is 30.4 Å². The van der Waals surface area contributed by atoms with Gasteiger partial charge < -0.3 is 5.32 Å². The number of rotatable bonds is 2. The minimum Gasteiger partial charge on any atom is -0.356 e. The van der Waals surface area contributed by atoms with Crippen LogP contribution in [0.4, 0.5) is 0 Å². The molecule has 1 aromatic rings. The minimum atomic E-state index is 0.0920. The molecule has 1 aliphatic carbocycles. The van der Waals surface area contributed by atoms with Crippen molar-refractivity contribution < 1.29 is 4.79 Å². The van der Waals surface area contributed by atoms with Crippen molar-refractivity contribution in [1.29, 1.82) is 0 Å². The highest BCUT2D eigenvalue weighted by atomic mass is 35.5. The Kier molecular flexibility index (Phi) is 3.59. The molecule has 0 atom stereocenters. The van der Waals surface area contributed by atoms with Crippen molar-refractivity contribution >= 4 is 28.8 Å². The third-order valence-electron chi connectivity index (χ3n) is 5.22. The molecule has 0 bridgehead atoms. The van der Waals surface area contributed by atoms with Gasteiger partial charge in [0.15, 0.2) is 0 Å². The van der Waals surface area contributed by atoms with E-state index in [0.29, 0.717) is 6.42 Å². The van der Waals surface area contributed by atoms with Crippen LogP contribution in [0.1, 0.15) is 37.0 Å². The molecule has 1 spiro atoms. The van der Waals surface area contributed by atoms with Crippen LogP contribution in [0.15, 0.2) is 12.1 Å². The van der Waals surface area contributed by atoms with Gasteiger partial charge in [-0.25, -0.2) is 0 Å². The molecule has 2 aliphatic rings. The van der Waals surface area contributed by atoms with Crippen LogP contribution in [0, 0.1) is 5.41 Å². The molecule has 1 amide bonds. The van der Waals surface area contributed by atoms with Crippen LogP contribution < -0.4 is 5.32 Å². The third kappa shape index (κ3) is 2.28. The van der Waals surface area contributed by atoms with Crippen LogP contribution in [-0.2, 0) is 10.3 Å². The molecular weight excluding hydrogens is 292 g/mol. The maximum atomic E-state index is 11.5. The minimum absolute atomic E-state index is 0.0920. The van der Waals surface area contributed by atoms with E-state index < -0.39 is 0 Å². The number of carbonyl (C=O) groups excluding carboxylic acids is 1. The zero-order valence-corrected chi connectivity index (χ0v) is 13.6. The summed E-state index contributed by atoms with van der Waals surface area (Å²) in [6.07, 6.45) is 5.14. The first kappa shape index (κ1) is 14.4. The first-order valence-corrected chi connectivity index (χ1v) is 8.35. The smallest absolute Gasteiger partial charge is 0.220 e. The number of hydrogen-bond acceptors (Lipinski definition) is 3. The fraction of sp³-hybridized carbons (Fsp3) is 0.667. The summed E-state index contributed by atoms with van der Waals surface area (Å²) in [5.74, 6) is 0.224. The van der Waals surface area contributed by atoms with E-state index >= 15 is 0 Å². The van der Waals surface area contributed by atoms with Gasteiger partial charge in [0.25, 0.3) is 0 Å². The van der Waals surface area contributed by atoms with Gasteiger partial charge in [-0.15, -0.1) is 11.3 Å². The average molecular weight is 313 g/mol. The Balaban J connectivity index is 1.83. The number of halogens is 1. The predicted octanol–water partition coefficient (Wildman–Crippen LogP) is 3.24. The van der Waals surface area contributed by atoms with Crippen molar-refractivity contribution in [2.75, 3.05) is 20.6 Å². The Morgan fingerprint density at radius 2 is 1.95 bits per heavy atom. The second-order valence-electron chi connectivity index (χ2n) is 6.48. The van der Waals surface area contributed by atoms with E-state index in [-0.39, 0.29) is 16.9 Å². The first-order chi connectivity index (χ1) is 9.46. The Hall–Kier alpha value is -0.580. The molecule has 2 heterocycles. The number of nitrogens with one attached hydrogen (secondary N) is 1. The van der Waals surface area contributed by atoms with Crippen molar-refractivity contribution in [1.82, 2.24) is 10.2 Å².